The maximum atomic E-state index is 13.3. The molecule has 156 valence electrons. The first-order chi connectivity index (χ1) is 14.6. The molecule has 1 amide bonds. The Morgan fingerprint density at radius 3 is 2.23 bits per heavy atom. The van der Waals surface area contributed by atoms with Crippen LogP contribution in [0.1, 0.15) is 39.5 Å². The average molecular weight is 444 g/mol. The highest BCUT2D eigenvalue weighted by Gasteiger charge is 2.22. The minimum atomic E-state index is -0.243. The summed E-state index contributed by atoms with van der Waals surface area (Å²) in [5, 5.41) is 3.45. The zero-order chi connectivity index (χ0) is 20.9. The lowest BCUT2D eigenvalue weighted by Gasteiger charge is -2.21. The summed E-state index contributed by atoms with van der Waals surface area (Å²) in [7, 11) is 0. The van der Waals surface area contributed by atoms with Crippen LogP contribution < -0.4 is 0 Å². The van der Waals surface area contributed by atoms with Crippen LogP contribution >= 0.6 is 22.9 Å². The SMILES string of the molecule is O=C(c1csc(CN(Cc2ccc(F)cc2)Cc2ccc(Cl)cc2)n1)N1CCCC1. The van der Waals surface area contributed by atoms with E-state index in [-0.39, 0.29) is 11.7 Å². The molecule has 4 nitrogen and oxygen atoms in total. The van der Waals surface area contributed by atoms with Crippen LogP contribution in [0.5, 0.6) is 0 Å². The highest BCUT2D eigenvalue weighted by atomic mass is 35.5. The van der Waals surface area contributed by atoms with Crippen molar-refractivity contribution in [1.29, 1.82) is 0 Å². The predicted molar refractivity (Wildman–Crippen MR) is 118 cm³/mol. The molecular formula is C23H23ClFN3OS. The lowest BCUT2D eigenvalue weighted by Crippen LogP contribution is -2.28. The van der Waals surface area contributed by atoms with E-state index in [9.17, 15) is 9.18 Å². The van der Waals surface area contributed by atoms with E-state index in [1.165, 1.54) is 23.5 Å². The highest BCUT2D eigenvalue weighted by molar-refractivity contribution is 7.09. The molecule has 3 aromatic rings. The number of likely N-dealkylation sites (tertiary alicyclic amines) is 1. The van der Waals surface area contributed by atoms with Crippen molar-refractivity contribution in [2.45, 2.75) is 32.5 Å². The molecule has 2 aromatic carbocycles. The molecule has 1 aliphatic heterocycles. The van der Waals surface area contributed by atoms with E-state index in [2.05, 4.69) is 9.88 Å². The number of carbonyl (C=O) groups excluding carboxylic acids is 1. The molecule has 7 heteroatoms. The molecule has 0 N–H and O–H groups in total. The van der Waals surface area contributed by atoms with Crippen LogP contribution in [0.4, 0.5) is 4.39 Å². The number of hydrogen-bond donors (Lipinski definition) is 0. The number of thiazole rings is 1. The van der Waals surface area contributed by atoms with E-state index in [0.29, 0.717) is 30.4 Å². The zero-order valence-corrected chi connectivity index (χ0v) is 18.1. The van der Waals surface area contributed by atoms with Crippen LogP contribution in [0.2, 0.25) is 5.02 Å². The Morgan fingerprint density at radius 1 is 1.00 bits per heavy atom. The summed E-state index contributed by atoms with van der Waals surface area (Å²) in [5.41, 5.74) is 2.69. The number of halogens is 2. The van der Waals surface area contributed by atoms with Gasteiger partial charge in [-0.3, -0.25) is 9.69 Å². The minimum absolute atomic E-state index is 0.0257. The first-order valence-corrected chi connectivity index (χ1v) is 11.3. The van der Waals surface area contributed by atoms with Gasteiger partial charge in [0.1, 0.15) is 16.5 Å². The average Bonchev–Trinajstić information content (AvgIpc) is 3.43. The van der Waals surface area contributed by atoms with Crippen molar-refractivity contribution in [3.8, 4) is 0 Å². The molecular weight excluding hydrogens is 421 g/mol. The van der Waals surface area contributed by atoms with Crippen molar-refractivity contribution in [3.63, 3.8) is 0 Å². The van der Waals surface area contributed by atoms with Gasteiger partial charge in [0.2, 0.25) is 0 Å². The minimum Gasteiger partial charge on any atom is -0.337 e. The summed E-state index contributed by atoms with van der Waals surface area (Å²) < 4.78 is 13.3. The molecule has 0 aliphatic carbocycles. The molecule has 1 aliphatic rings. The summed E-state index contributed by atoms with van der Waals surface area (Å²) >= 11 is 7.53. The number of benzene rings is 2. The van der Waals surface area contributed by atoms with Gasteiger partial charge in [-0.15, -0.1) is 11.3 Å². The molecule has 1 aromatic heterocycles. The van der Waals surface area contributed by atoms with Gasteiger partial charge in [0, 0.05) is 36.6 Å². The monoisotopic (exact) mass is 443 g/mol. The molecule has 30 heavy (non-hydrogen) atoms. The van der Waals surface area contributed by atoms with Crippen LogP contribution in [-0.4, -0.2) is 33.8 Å². The Labute approximate surface area is 184 Å². The van der Waals surface area contributed by atoms with Gasteiger partial charge in [-0.1, -0.05) is 35.9 Å². The molecule has 0 spiro atoms. The normalized spacial score (nSPS) is 13.9. The second-order valence-electron chi connectivity index (χ2n) is 7.52. The van der Waals surface area contributed by atoms with Crippen molar-refractivity contribution < 1.29 is 9.18 Å². The Bertz CT molecular complexity index is 937. The number of nitrogens with zero attached hydrogens (tertiary/aromatic N) is 3. The van der Waals surface area contributed by atoms with Gasteiger partial charge in [0.05, 0.1) is 6.54 Å². The van der Waals surface area contributed by atoms with Gasteiger partial charge >= 0.3 is 0 Å². The summed E-state index contributed by atoms with van der Waals surface area (Å²) in [6.07, 6.45) is 2.13. The van der Waals surface area contributed by atoms with Gasteiger partial charge in [-0.2, -0.15) is 0 Å². The standard InChI is InChI=1S/C23H23ClFN3OS/c24-19-7-3-17(4-8-19)13-27(14-18-5-9-20(25)10-6-18)15-22-26-21(16-30-22)23(29)28-11-1-2-12-28/h3-10,16H,1-2,11-15H2. The summed E-state index contributed by atoms with van der Waals surface area (Å²) in [5.74, 6) is -0.217. The van der Waals surface area contributed by atoms with E-state index in [1.54, 1.807) is 12.1 Å². The number of carbonyl (C=O) groups is 1. The topological polar surface area (TPSA) is 36.4 Å². The Balaban J connectivity index is 1.49. The van der Waals surface area contributed by atoms with Crippen LogP contribution in [0.25, 0.3) is 0 Å². The molecule has 0 saturated carbocycles. The second-order valence-corrected chi connectivity index (χ2v) is 8.90. The van der Waals surface area contributed by atoms with Gasteiger partial charge in [-0.25, -0.2) is 9.37 Å². The predicted octanol–water partition coefficient (Wildman–Crippen LogP) is 5.37. The van der Waals surface area contributed by atoms with Crippen molar-refractivity contribution in [2.24, 2.45) is 0 Å². The van der Waals surface area contributed by atoms with Gasteiger partial charge < -0.3 is 4.90 Å². The highest BCUT2D eigenvalue weighted by Crippen LogP contribution is 2.20. The first kappa shape index (κ1) is 21.0. The maximum absolute atomic E-state index is 13.3. The van der Waals surface area contributed by atoms with Crippen molar-refractivity contribution >= 4 is 28.8 Å². The molecule has 0 bridgehead atoms. The summed E-state index contributed by atoms with van der Waals surface area (Å²) in [4.78, 5) is 21.3. The van der Waals surface area contributed by atoms with Gasteiger partial charge in [0.15, 0.2) is 0 Å². The third-order valence-corrected chi connectivity index (χ3v) is 6.25. The Morgan fingerprint density at radius 2 is 1.60 bits per heavy atom. The maximum Gasteiger partial charge on any atom is 0.273 e. The van der Waals surface area contributed by atoms with E-state index in [4.69, 9.17) is 11.6 Å². The lowest BCUT2D eigenvalue weighted by atomic mass is 10.1. The van der Waals surface area contributed by atoms with E-state index in [0.717, 1.165) is 42.1 Å². The number of rotatable bonds is 7. The van der Waals surface area contributed by atoms with Crippen molar-refractivity contribution in [2.75, 3.05) is 13.1 Å². The first-order valence-electron chi connectivity index (χ1n) is 10.0. The third-order valence-electron chi connectivity index (χ3n) is 5.16. The molecule has 0 unspecified atom stereocenters. The van der Waals surface area contributed by atoms with Crippen LogP contribution in [0.15, 0.2) is 53.9 Å². The fourth-order valence-corrected chi connectivity index (χ4v) is 4.55. The molecule has 1 fully saturated rings. The van der Waals surface area contributed by atoms with Gasteiger partial charge in [-0.05, 0) is 48.2 Å². The van der Waals surface area contributed by atoms with E-state index >= 15 is 0 Å². The fraction of sp³-hybridized carbons (Fsp3) is 0.304. The number of amides is 1. The summed E-state index contributed by atoms with van der Waals surface area (Å²) in [6, 6.07) is 14.3. The van der Waals surface area contributed by atoms with Crippen molar-refractivity contribution in [1.82, 2.24) is 14.8 Å². The largest absolute Gasteiger partial charge is 0.337 e. The van der Waals surface area contributed by atoms with Crippen molar-refractivity contribution in [3.05, 3.63) is 86.6 Å². The van der Waals surface area contributed by atoms with Gasteiger partial charge in [0.25, 0.3) is 5.91 Å². The second kappa shape index (κ2) is 9.69. The molecule has 0 radical (unpaired) electrons. The Hall–Kier alpha value is -2.28. The van der Waals surface area contributed by atoms with E-state index < -0.39 is 0 Å². The van der Waals surface area contributed by atoms with E-state index in [1.807, 2.05) is 34.5 Å². The third kappa shape index (κ3) is 5.45. The zero-order valence-electron chi connectivity index (χ0n) is 16.6. The summed E-state index contributed by atoms with van der Waals surface area (Å²) in [6.45, 7) is 3.59. The van der Waals surface area contributed by atoms with Crippen LogP contribution in [0.3, 0.4) is 0 Å². The molecule has 4 rings (SSSR count). The number of hydrogen-bond acceptors (Lipinski definition) is 4. The smallest absolute Gasteiger partial charge is 0.273 e. The molecule has 2 heterocycles. The quantitative estimate of drug-likeness (QED) is 0.492. The molecule has 1 saturated heterocycles. The lowest BCUT2D eigenvalue weighted by molar-refractivity contribution is 0.0787. The number of aromatic nitrogens is 1. The molecule has 0 atom stereocenters. The van der Waals surface area contributed by atoms with Crippen LogP contribution in [-0.2, 0) is 19.6 Å². The fourth-order valence-electron chi connectivity index (χ4n) is 3.62. The van der Waals surface area contributed by atoms with Crippen LogP contribution in [0, 0.1) is 5.82 Å². The Kier molecular flexibility index (Phi) is 6.77.